The van der Waals surface area contributed by atoms with Crippen LogP contribution in [0.1, 0.15) is 119 Å². The van der Waals surface area contributed by atoms with E-state index in [9.17, 15) is 57.8 Å². The van der Waals surface area contributed by atoms with Gasteiger partial charge in [-0.05, 0) is 157 Å². The van der Waals surface area contributed by atoms with Gasteiger partial charge in [0, 0.05) is 46.4 Å². The zero-order chi connectivity index (χ0) is 87.9. The van der Waals surface area contributed by atoms with Crippen LogP contribution in [0.25, 0.3) is 21.5 Å². The smallest absolute Gasteiger partial charge is 0.459 e. The number of nitrogens with zero attached hydrogens (tertiary/aromatic N) is 6. The number of alkyl halides is 6. The van der Waals surface area contributed by atoms with E-state index in [0.29, 0.717) is 41.6 Å². The second-order valence-corrected chi connectivity index (χ2v) is 34.7. The van der Waals surface area contributed by atoms with Gasteiger partial charge in [-0.25, -0.2) is 54.4 Å². The minimum Gasteiger partial charge on any atom is -0.462 e. The van der Waals surface area contributed by atoms with E-state index in [0.717, 1.165) is 50.1 Å². The molecule has 0 radical (unpaired) electrons. The summed E-state index contributed by atoms with van der Waals surface area (Å²) in [6.45, 7) is 17.0. The SMILES string of the molecule is Cc1ccn([C@@H]2O[C@](F)(CO[P@@](=O)(N[C@@H](C)C(=O)OC(C)C)Oc3cccc4ccccc34)[C@@H](O)[C@@]2(C)F)c(=O)n1.Cc1ccn([C@@H]2O[C@](F)(CO[P@@](=O)(N[C@@H](C)C(=O)OC(C)C)Oc3ccccc3)[C@@H](O)[C@@]2(C)F)c(=O)n1.Cc1ccn([C@@H]2O[C@](F)(CO[P@](=O)(N[C@@H](C)C(=O)OC(C)C)Oc3cccc4ccccc34)[C@@H](O)[C@@]2(C)F)c(=O)n1. The van der Waals surface area contributed by atoms with Crippen LogP contribution in [0.5, 0.6) is 17.2 Å². The first-order valence-electron chi connectivity index (χ1n) is 37.1. The monoisotopic (exact) mass is 1740 g/mol. The molecule has 3 aliphatic heterocycles. The summed E-state index contributed by atoms with van der Waals surface area (Å²) in [6.07, 6.45) is -11.2. The van der Waals surface area contributed by atoms with Crippen molar-refractivity contribution in [1.82, 2.24) is 43.9 Å². The maximum Gasteiger partial charge on any atom is 0.459 e. The highest BCUT2D eigenvalue weighted by atomic mass is 31.2. The summed E-state index contributed by atoms with van der Waals surface area (Å²) in [5.74, 6) is -12.0. The predicted molar refractivity (Wildman–Crippen MR) is 417 cm³/mol. The highest BCUT2D eigenvalue weighted by Gasteiger charge is 2.68. The van der Waals surface area contributed by atoms with Gasteiger partial charge in [0.1, 0.15) is 55.2 Å². The number of carbonyl (C=O) groups excluding carboxylic acids is 3. The molecule has 33 nitrogen and oxygen atoms in total. The molecule has 42 heteroatoms. The molecule has 0 saturated carbocycles. The first-order valence-corrected chi connectivity index (χ1v) is 41.8. The molecular formula is C77H94F6N9O24P3. The fourth-order valence-corrected chi connectivity index (χ4v) is 16.8. The number of fused-ring (bicyclic) bond motifs is 2. The fourth-order valence-electron chi connectivity index (χ4n) is 12.2. The summed E-state index contributed by atoms with van der Waals surface area (Å²) < 4.78 is 202. The van der Waals surface area contributed by atoms with Crippen LogP contribution in [0, 0.1) is 20.8 Å². The van der Waals surface area contributed by atoms with Gasteiger partial charge in [-0.2, -0.15) is 30.2 Å². The molecule has 0 spiro atoms. The third-order valence-electron chi connectivity index (χ3n) is 18.2. The molecule has 8 aromatic rings. The Bertz CT molecular complexity index is 5050. The van der Waals surface area contributed by atoms with Crippen molar-refractivity contribution in [2.45, 2.75) is 212 Å². The van der Waals surface area contributed by atoms with Crippen LogP contribution < -0.4 is 45.9 Å². The number of ether oxygens (including phenoxy) is 6. The van der Waals surface area contributed by atoms with Gasteiger partial charge in [0.25, 0.3) is 17.6 Å². The highest BCUT2D eigenvalue weighted by molar-refractivity contribution is 7.52. The zero-order valence-electron chi connectivity index (χ0n) is 67.2. The molecule has 3 fully saturated rings. The van der Waals surface area contributed by atoms with Crippen LogP contribution in [0.4, 0.5) is 26.3 Å². The highest BCUT2D eigenvalue weighted by Crippen LogP contribution is 2.56. The van der Waals surface area contributed by atoms with Gasteiger partial charge >= 0.3 is 58.2 Å². The molecule has 3 saturated heterocycles. The van der Waals surface area contributed by atoms with E-state index in [-0.39, 0.29) is 17.2 Å². The Morgan fingerprint density at radius 2 is 0.689 bits per heavy atom. The molecule has 5 aromatic carbocycles. The van der Waals surface area contributed by atoms with Crippen molar-refractivity contribution in [1.29, 1.82) is 0 Å². The van der Waals surface area contributed by atoms with Crippen LogP contribution in [-0.4, -0.2) is 171 Å². The molecule has 6 N–H and O–H groups in total. The van der Waals surface area contributed by atoms with Gasteiger partial charge in [0.05, 0.1) is 18.3 Å². The Hall–Kier alpha value is -9.14. The topological polar surface area (TPSA) is 415 Å². The largest absolute Gasteiger partial charge is 0.462 e. The van der Waals surface area contributed by atoms with Gasteiger partial charge in [-0.1, -0.05) is 91.0 Å². The van der Waals surface area contributed by atoms with Crippen molar-refractivity contribution in [3.05, 3.63) is 201 Å². The number of carbonyl (C=O) groups is 3. The second-order valence-electron chi connectivity index (χ2n) is 29.6. The molecule has 3 aliphatic rings. The minimum absolute atomic E-state index is 0.0500. The van der Waals surface area contributed by atoms with Gasteiger partial charge in [-0.3, -0.25) is 41.7 Å². The van der Waals surface area contributed by atoms with Crippen molar-refractivity contribution in [3.8, 4) is 17.2 Å². The minimum atomic E-state index is -4.66. The number of rotatable bonds is 30. The molecule has 0 bridgehead atoms. The Balaban J connectivity index is 0.000000204. The summed E-state index contributed by atoms with van der Waals surface area (Å²) >= 11 is 0. The number of benzene rings is 5. The average molecular weight is 1740 g/mol. The summed E-state index contributed by atoms with van der Waals surface area (Å²) in [6, 6.07) is 31.9. The average Bonchev–Trinajstić information content (AvgIpc) is 1.60. The maximum absolute atomic E-state index is 16.1. The Morgan fingerprint density at radius 3 is 0.975 bits per heavy atom. The normalized spacial score (nSPS) is 27.0. The van der Waals surface area contributed by atoms with Crippen molar-refractivity contribution >= 4 is 62.7 Å². The number of nitrogens with one attached hydrogen (secondary N) is 3. The fraction of sp³-hybridized carbons (Fsp3) is 0.468. The second kappa shape index (κ2) is 37.5. The van der Waals surface area contributed by atoms with Gasteiger partial charge in [0.15, 0.2) is 54.0 Å². The molecule has 6 heterocycles. The number of halogens is 6. The van der Waals surface area contributed by atoms with E-state index in [2.05, 4.69) is 30.2 Å². The van der Waals surface area contributed by atoms with Crippen molar-refractivity contribution in [2.75, 3.05) is 19.8 Å². The van der Waals surface area contributed by atoms with Gasteiger partial charge in [-0.15, -0.1) is 0 Å². The van der Waals surface area contributed by atoms with Crippen LogP contribution in [0.15, 0.2) is 166 Å². The lowest BCUT2D eigenvalue weighted by Crippen LogP contribution is -2.47. The number of aryl methyl sites for hydroxylation is 3. The van der Waals surface area contributed by atoms with E-state index < -0.39 is 186 Å². The summed E-state index contributed by atoms with van der Waals surface area (Å²) in [5, 5.41) is 41.5. The number of hydrogen-bond acceptors (Lipinski definition) is 27. The predicted octanol–water partition coefficient (Wildman–Crippen LogP) is 11.2. The Kier molecular flexibility index (Phi) is 29.5. The number of aliphatic hydroxyl groups is 3. The summed E-state index contributed by atoms with van der Waals surface area (Å²) in [5.41, 5.74) is -10.3. The van der Waals surface area contributed by atoms with E-state index in [1.807, 2.05) is 0 Å². The molecule has 11 rings (SSSR count). The molecule has 0 unspecified atom stereocenters. The standard InChI is InChI=1S/2C27H32F2N3O8P.C23H30F2N3O8P/c2*1-16(2)38-22(33)18(4)31-41(36,40-21-12-8-10-19-9-6-7-11-20(19)21)37-15-27(29)23(34)26(5,28)24(39-27)32-14-13-17(3)30-25(32)35;1-14(2)34-18(29)16(4)27-37(32,36-17-9-7-6-8-10-17)33-13-23(25)19(30)22(5,24)20(35-23)28-12-11-15(3)26-21(28)31/h2*6-14,16,18,23-24,34H,15H2,1-5H3,(H,31,36);6-12,14,16,19-20,30H,13H2,1-5H3,(H,27,32)/t18-,23-,24+,26+,27+,41+;18-,23-,24+,26+,27+,41-;16-,19-,20+,22+,23+,37-/m000/s1. The number of esters is 3. The van der Waals surface area contributed by atoms with Crippen LogP contribution in [0.3, 0.4) is 0 Å². The van der Waals surface area contributed by atoms with E-state index >= 15 is 26.3 Å². The lowest BCUT2D eigenvalue weighted by molar-refractivity contribution is -0.204. The quantitative estimate of drug-likeness (QED) is 0.0105. The molecule has 0 aliphatic carbocycles. The Morgan fingerprint density at radius 1 is 0.420 bits per heavy atom. The maximum atomic E-state index is 16.1. The van der Waals surface area contributed by atoms with E-state index in [1.165, 1.54) is 84.0 Å². The van der Waals surface area contributed by atoms with Gasteiger partial charge < -0.3 is 57.3 Å². The summed E-state index contributed by atoms with van der Waals surface area (Å²) in [7, 11) is -13.9. The van der Waals surface area contributed by atoms with Crippen molar-refractivity contribution in [2.24, 2.45) is 0 Å². The zero-order valence-corrected chi connectivity index (χ0v) is 69.9. The summed E-state index contributed by atoms with van der Waals surface area (Å²) in [4.78, 5) is 85.3. The molecule has 648 valence electrons. The molecule has 0 amide bonds. The number of aliphatic hydroxyl groups excluding tert-OH is 3. The first kappa shape index (κ1) is 93.7. The third kappa shape index (κ3) is 22.3. The number of aromatic nitrogens is 6. The first-order chi connectivity index (χ1) is 55.5. The molecule has 3 aromatic heterocycles. The lowest BCUT2D eigenvalue weighted by Gasteiger charge is -2.28. The third-order valence-corrected chi connectivity index (χ3v) is 23.1. The Labute approximate surface area is 678 Å². The van der Waals surface area contributed by atoms with Crippen LogP contribution >= 0.6 is 23.2 Å². The molecule has 119 heavy (non-hydrogen) atoms. The van der Waals surface area contributed by atoms with Crippen molar-refractivity contribution in [3.63, 3.8) is 0 Å². The lowest BCUT2D eigenvalue weighted by atomic mass is 9.97. The number of para-hydroxylation sites is 1. The van der Waals surface area contributed by atoms with E-state index in [4.69, 9.17) is 55.6 Å². The van der Waals surface area contributed by atoms with Gasteiger partial charge in [0.2, 0.25) is 0 Å². The van der Waals surface area contributed by atoms with E-state index in [1.54, 1.807) is 133 Å². The van der Waals surface area contributed by atoms with Crippen molar-refractivity contribution < 1.29 is 125 Å². The number of hydrogen-bond donors (Lipinski definition) is 6. The molecule has 18 atom stereocenters. The van der Waals surface area contributed by atoms with Crippen LogP contribution in [-0.2, 0) is 70.1 Å². The molecular weight excluding hydrogens is 1640 g/mol. The van der Waals surface area contributed by atoms with Crippen LogP contribution in [0.2, 0.25) is 0 Å².